The highest BCUT2D eigenvalue weighted by Crippen LogP contribution is 2.56. The Morgan fingerprint density at radius 2 is 0.464 bits per heavy atom. The van der Waals surface area contributed by atoms with Crippen molar-refractivity contribution in [2.24, 2.45) is 0 Å². The number of aromatic nitrogens is 4. The van der Waals surface area contributed by atoms with Crippen molar-refractivity contribution in [1.29, 1.82) is 0 Å². The highest BCUT2D eigenvalue weighted by Gasteiger charge is 2.40. The van der Waals surface area contributed by atoms with Gasteiger partial charge in [0.2, 0.25) is 0 Å². The summed E-state index contributed by atoms with van der Waals surface area (Å²) >= 11 is 0. The van der Waals surface area contributed by atoms with Crippen LogP contribution in [-0.4, -0.2) is 19.9 Å². The summed E-state index contributed by atoms with van der Waals surface area (Å²) in [5, 5.41) is 7.06. The van der Waals surface area contributed by atoms with Crippen LogP contribution in [0.15, 0.2) is 340 Å². The monoisotopic (exact) mass is 1430 g/mol. The van der Waals surface area contributed by atoms with Gasteiger partial charge in [-0.3, -0.25) is 9.97 Å². The fourth-order valence-corrected chi connectivity index (χ4v) is 19.6. The zero-order valence-electron chi connectivity index (χ0n) is 64.1. The topological polar surface area (TPSA) is 51.6 Å². The van der Waals surface area contributed by atoms with Crippen molar-refractivity contribution < 1.29 is 0 Å². The van der Waals surface area contributed by atoms with Crippen molar-refractivity contribution in [3.63, 3.8) is 0 Å². The van der Waals surface area contributed by atoms with Crippen molar-refractivity contribution in [1.82, 2.24) is 19.9 Å². The third-order valence-electron chi connectivity index (χ3n) is 25.6. The third-order valence-corrected chi connectivity index (χ3v) is 25.6. The van der Waals surface area contributed by atoms with E-state index < -0.39 is 0 Å². The molecule has 532 valence electrons. The largest absolute Gasteiger partial charge is 0.265 e. The molecule has 0 bridgehead atoms. The number of rotatable bonds is 8. The molecular formula is C108H80N4. The molecule has 4 aliphatic rings. The first kappa shape index (κ1) is 66.9. The van der Waals surface area contributed by atoms with E-state index in [1.165, 1.54) is 144 Å². The van der Waals surface area contributed by atoms with Gasteiger partial charge in [0.05, 0.1) is 22.4 Å². The van der Waals surface area contributed by atoms with Crippen LogP contribution in [0.25, 0.3) is 177 Å². The van der Waals surface area contributed by atoms with Crippen LogP contribution in [0, 0.1) is 0 Å². The molecule has 0 amide bonds. The molecule has 22 rings (SSSR count). The van der Waals surface area contributed by atoms with Crippen LogP contribution in [0.5, 0.6) is 0 Å². The maximum Gasteiger partial charge on any atom is 0.0794 e. The molecule has 112 heavy (non-hydrogen) atoms. The number of nitrogens with zero attached hydrogens (tertiary/aromatic N) is 4. The Morgan fingerprint density at radius 3 is 0.812 bits per heavy atom. The zero-order chi connectivity index (χ0) is 75.5. The van der Waals surface area contributed by atoms with E-state index >= 15 is 0 Å². The average molecular weight is 1430 g/mol. The Morgan fingerprint density at radius 1 is 0.179 bits per heavy atom. The summed E-state index contributed by atoms with van der Waals surface area (Å²) in [7, 11) is 0. The van der Waals surface area contributed by atoms with Crippen LogP contribution in [0.3, 0.4) is 0 Å². The summed E-state index contributed by atoms with van der Waals surface area (Å²) in [5.41, 5.74) is 41.8. The van der Waals surface area contributed by atoms with Gasteiger partial charge in [-0.15, -0.1) is 0 Å². The molecule has 0 N–H and O–H groups in total. The number of hydrogen-bond donors (Lipinski definition) is 0. The second-order valence-corrected chi connectivity index (χ2v) is 33.2. The van der Waals surface area contributed by atoms with E-state index in [0.717, 1.165) is 77.3 Å². The minimum Gasteiger partial charge on any atom is -0.265 e. The Bertz CT molecular complexity index is 6540. The van der Waals surface area contributed by atoms with Crippen molar-refractivity contribution in [3.8, 4) is 134 Å². The van der Waals surface area contributed by atoms with E-state index in [0.29, 0.717) is 0 Å². The van der Waals surface area contributed by atoms with E-state index in [4.69, 9.17) is 9.97 Å². The Kier molecular flexibility index (Phi) is 15.0. The van der Waals surface area contributed by atoms with E-state index in [9.17, 15) is 0 Å². The molecule has 4 heteroatoms. The van der Waals surface area contributed by atoms with Crippen LogP contribution < -0.4 is 0 Å². The fourth-order valence-electron chi connectivity index (χ4n) is 19.6. The highest BCUT2D eigenvalue weighted by atomic mass is 14.7. The van der Waals surface area contributed by atoms with E-state index in [-0.39, 0.29) is 21.7 Å². The predicted molar refractivity (Wildman–Crippen MR) is 468 cm³/mol. The molecule has 4 aromatic heterocycles. The molecule has 0 radical (unpaired) electrons. The molecule has 14 aromatic carbocycles. The van der Waals surface area contributed by atoms with Gasteiger partial charge in [-0.25, -0.2) is 9.97 Å². The molecule has 4 heterocycles. The van der Waals surface area contributed by atoms with Gasteiger partial charge < -0.3 is 0 Å². The summed E-state index contributed by atoms with van der Waals surface area (Å²) in [4.78, 5) is 19.6. The molecule has 0 spiro atoms. The first-order valence-corrected chi connectivity index (χ1v) is 39.3. The molecule has 4 nitrogen and oxygen atoms in total. The zero-order valence-corrected chi connectivity index (χ0v) is 64.1. The number of benzene rings is 14. The van der Waals surface area contributed by atoms with Crippen molar-refractivity contribution in [2.45, 2.75) is 77.0 Å². The van der Waals surface area contributed by atoms with Crippen LogP contribution in [0.1, 0.15) is 99.9 Å². The van der Waals surface area contributed by atoms with Gasteiger partial charge in [-0.05, 0) is 233 Å². The van der Waals surface area contributed by atoms with Crippen molar-refractivity contribution >= 4 is 43.4 Å². The van der Waals surface area contributed by atoms with Gasteiger partial charge in [0, 0.05) is 79.1 Å². The van der Waals surface area contributed by atoms with Crippen LogP contribution in [-0.2, 0) is 21.7 Å². The van der Waals surface area contributed by atoms with E-state index in [1.807, 2.05) is 30.9 Å². The van der Waals surface area contributed by atoms with Gasteiger partial charge in [0.15, 0.2) is 0 Å². The molecule has 4 aliphatic carbocycles. The van der Waals surface area contributed by atoms with Gasteiger partial charge in [-0.1, -0.05) is 304 Å². The van der Waals surface area contributed by atoms with Gasteiger partial charge in [0.1, 0.15) is 0 Å². The van der Waals surface area contributed by atoms with Gasteiger partial charge in [0.25, 0.3) is 0 Å². The lowest BCUT2D eigenvalue weighted by Crippen LogP contribution is -2.15. The molecule has 0 saturated heterocycles. The molecule has 0 aliphatic heterocycles. The van der Waals surface area contributed by atoms with Crippen LogP contribution in [0.2, 0.25) is 0 Å². The van der Waals surface area contributed by atoms with Crippen molar-refractivity contribution in [3.05, 3.63) is 385 Å². The number of hydrogen-bond acceptors (Lipinski definition) is 4. The minimum absolute atomic E-state index is 0.0854. The van der Waals surface area contributed by atoms with Gasteiger partial charge in [-0.2, -0.15) is 0 Å². The first-order valence-electron chi connectivity index (χ1n) is 39.3. The predicted octanol–water partition coefficient (Wildman–Crippen LogP) is 28.1. The second kappa shape index (κ2) is 25.1. The lowest BCUT2D eigenvalue weighted by Gasteiger charge is -2.23. The quantitative estimate of drug-likeness (QED) is 0.142. The summed E-state index contributed by atoms with van der Waals surface area (Å²) in [6.45, 7) is 18.9. The molecular weight excluding hydrogens is 1350 g/mol. The lowest BCUT2D eigenvalue weighted by molar-refractivity contribution is 0.660. The van der Waals surface area contributed by atoms with Gasteiger partial charge >= 0.3 is 0 Å². The number of pyridine rings is 4. The third kappa shape index (κ3) is 10.3. The molecule has 0 fully saturated rings. The van der Waals surface area contributed by atoms with Crippen LogP contribution >= 0.6 is 0 Å². The van der Waals surface area contributed by atoms with Crippen LogP contribution in [0.4, 0.5) is 0 Å². The Labute approximate surface area is 654 Å². The Balaban J connectivity index is 0.000000141. The lowest BCUT2D eigenvalue weighted by atomic mass is 9.81. The van der Waals surface area contributed by atoms with E-state index in [2.05, 4.69) is 375 Å². The smallest absolute Gasteiger partial charge is 0.0794 e. The number of fused-ring (bicyclic) bond motifs is 18. The normalized spacial score (nSPS) is 14.4. The molecule has 0 saturated carbocycles. The summed E-state index contributed by atoms with van der Waals surface area (Å²) in [5.74, 6) is 0. The standard InChI is InChI=1S/2C54H40N2/c1-53(2)47-17-9-7-14-39(47)41-25-23-35(28-49(41)53)44-30-46-45(36-24-26-42-40-15-8-10-18-48(40)54(3,4)50(42)29-36)31-51(56-52(46)43-16-6-5-13-38(43)44)34-21-19-33(20-22-34)37-12-11-27-55-32-37;1-53(2)47-15-9-7-12-39(47)41-23-21-36(29-49(41)53)44-31-46-45(37-22-24-42-40-13-8-10-16-48(40)54(3,4)50(42)30-37)32-51(56-52(46)43-14-6-5-11-38(43)44)35-19-17-33(18-20-35)34-25-27-55-28-26-34/h2*5-32H,1-4H3. The maximum absolute atomic E-state index is 5.53. The summed E-state index contributed by atoms with van der Waals surface area (Å²) < 4.78 is 0. The highest BCUT2D eigenvalue weighted by molar-refractivity contribution is 6.18. The maximum atomic E-state index is 5.53. The average Bonchev–Trinajstić information content (AvgIpc) is 1.51. The summed E-state index contributed by atoms with van der Waals surface area (Å²) in [6.07, 6.45) is 7.42. The second-order valence-electron chi connectivity index (χ2n) is 33.2. The minimum atomic E-state index is -0.109. The SMILES string of the molecule is CC1(C)c2ccccc2-c2ccc(-c3cc4c(-c5ccc6c(c5)C(C)(C)c5ccccc5-6)cc(-c5ccc(-c6cccnc6)cc5)nc4c4ccccc34)cc21.CC1(C)c2ccccc2-c2ccc(-c3cc4c(-c5ccc6c(c5)C(C)(C)c5ccccc5-6)cc(-c5ccc(-c6ccncc6)cc5)nc4c4ccccc34)cc21. The summed E-state index contributed by atoms with van der Waals surface area (Å²) in [6, 6.07) is 117. The molecule has 0 atom stereocenters. The first-order chi connectivity index (χ1) is 54.5. The fraction of sp³-hybridized carbons (Fsp3) is 0.111. The Hall–Kier alpha value is -13.3. The molecule has 0 unspecified atom stereocenters. The van der Waals surface area contributed by atoms with E-state index in [1.54, 1.807) is 0 Å². The van der Waals surface area contributed by atoms with Crippen molar-refractivity contribution in [2.75, 3.05) is 0 Å². The molecule has 18 aromatic rings.